The summed E-state index contributed by atoms with van der Waals surface area (Å²) in [5.74, 6) is 0.514. The summed E-state index contributed by atoms with van der Waals surface area (Å²) in [5.41, 5.74) is 1.36. The number of para-hydroxylation sites is 1. The van der Waals surface area contributed by atoms with Crippen molar-refractivity contribution in [2.45, 2.75) is 32.2 Å². The molecule has 24 heavy (non-hydrogen) atoms. The molecule has 0 bridgehead atoms. The van der Waals surface area contributed by atoms with Crippen LogP contribution in [0.2, 0.25) is 0 Å². The standard InChI is InChI=1S/C19H25N3O2/c1-13-8-9-22-15-7-5-4-6-14(15)11-19(16(22)10-13)17(23)20(2)12-21(3)18(19)24/h4-7,13,16H,8-12H2,1-3H3. The minimum Gasteiger partial charge on any atom is -0.367 e. The molecule has 5 heteroatoms. The largest absolute Gasteiger partial charge is 0.367 e. The fourth-order valence-corrected chi connectivity index (χ4v) is 4.91. The summed E-state index contributed by atoms with van der Waals surface area (Å²) in [7, 11) is 3.62. The van der Waals surface area contributed by atoms with Crippen LogP contribution in [0.25, 0.3) is 0 Å². The van der Waals surface area contributed by atoms with Gasteiger partial charge in [-0.25, -0.2) is 0 Å². The van der Waals surface area contributed by atoms with Crippen molar-refractivity contribution in [3.8, 4) is 0 Å². The average Bonchev–Trinajstić information content (AvgIpc) is 2.58. The van der Waals surface area contributed by atoms with Gasteiger partial charge in [-0.2, -0.15) is 0 Å². The van der Waals surface area contributed by atoms with Crippen LogP contribution in [-0.4, -0.2) is 55.0 Å². The van der Waals surface area contributed by atoms with Crippen molar-refractivity contribution in [3.05, 3.63) is 29.8 Å². The van der Waals surface area contributed by atoms with Crippen molar-refractivity contribution >= 4 is 17.5 Å². The highest BCUT2D eigenvalue weighted by atomic mass is 16.2. The zero-order valence-electron chi connectivity index (χ0n) is 14.7. The lowest BCUT2D eigenvalue weighted by Gasteiger charge is -2.56. The van der Waals surface area contributed by atoms with Crippen LogP contribution < -0.4 is 4.90 Å². The average molecular weight is 327 g/mol. The molecule has 3 aliphatic heterocycles. The maximum absolute atomic E-state index is 13.3. The molecule has 128 valence electrons. The second-order valence-corrected chi connectivity index (χ2v) is 7.76. The molecule has 2 unspecified atom stereocenters. The highest BCUT2D eigenvalue weighted by molar-refractivity contribution is 6.09. The monoisotopic (exact) mass is 327 g/mol. The van der Waals surface area contributed by atoms with Gasteiger partial charge < -0.3 is 14.7 Å². The summed E-state index contributed by atoms with van der Waals surface area (Å²) in [6, 6.07) is 8.22. The summed E-state index contributed by atoms with van der Waals surface area (Å²) < 4.78 is 0. The Morgan fingerprint density at radius 1 is 1.08 bits per heavy atom. The Kier molecular flexibility index (Phi) is 3.37. The molecule has 0 aliphatic carbocycles. The van der Waals surface area contributed by atoms with Gasteiger partial charge in [0.1, 0.15) is 0 Å². The maximum Gasteiger partial charge on any atom is 0.241 e. The number of piperidine rings is 1. The van der Waals surface area contributed by atoms with Crippen LogP contribution in [0.1, 0.15) is 25.3 Å². The summed E-state index contributed by atoms with van der Waals surface area (Å²) >= 11 is 0. The minimum absolute atomic E-state index is 0.01000. The Hall–Kier alpha value is -2.04. The lowest BCUT2D eigenvalue weighted by molar-refractivity contribution is -0.168. The van der Waals surface area contributed by atoms with E-state index in [-0.39, 0.29) is 17.9 Å². The van der Waals surface area contributed by atoms with E-state index in [0.29, 0.717) is 19.0 Å². The molecule has 0 N–H and O–H groups in total. The van der Waals surface area contributed by atoms with Gasteiger partial charge in [0.2, 0.25) is 11.8 Å². The number of carbonyl (C=O) groups excluding carboxylic acids is 2. The van der Waals surface area contributed by atoms with E-state index in [4.69, 9.17) is 0 Å². The van der Waals surface area contributed by atoms with Gasteiger partial charge in [-0.3, -0.25) is 9.59 Å². The Balaban J connectivity index is 1.90. The molecule has 0 aromatic heterocycles. The third kappa shape index (κ3) is 1.93. The first kappa shape index (κ1) is 15.5. The zero-order valence-corrected chi connectivity index (χ0v) is 14.7. The van der Waals surface area contributed by atoms with Gasteiger partial charge in [0.15, 0.2) is 5.41 Å². The van der Waals surface area contributed by atoms with Crippen LogP contribution in [0.5, 0.6) is 0 Å². The first-order chi connectivity index (χ1) is 11.4. The lowest BCUT2D eigenvalue weighted by atomic mass is 9.64. The fourth-order valence-electron chi connectivity index (χ4n) is 4.91. The molecule has 3 aliphatic rings. The first-order valence-electron chi connectivity index (χ1n) is 8.81. The third-order valence-corrected chi connectivity index (χ3v) is 6.08. The Morgan fingerprint density at radius 2 is 1.75 bits per heavy atom. The number of hydrogen-bond donors (Lipinski definition) is 0. The van der Waals surface area contributed by atoms with E-state index >= 15 is 0 Å². The van der Waals surface area contributed by atoms with Gasteiger partial charge in [-0.1, -0.05) is 25.1 Å². The molecule has 1 spiro atoms. The number of anilines is 1. The van der Waals surface area contributed by atoms with Crippen molar-refractivity contribution < 1.29 is 9.59 Å². The van der Waals surface area contributed by atoms with Gasteiger partial charge in [0.05, 0.1) is 12.7 Å². The van der Waals surface area contributed by atoms with E-state index in [0.717, 1.165) is 24.9 Å². The van der Waals surface area contributed by atoms with Gasteiger partial charge in [0, 0.05) is 26.3 Å². The number of nitrogens with zero attached hydrogens (tertiary/aromatic N) is 3. The van der Waals surface area contributed by atoms with Crippen molar-refractivity contribution in [1.29, 1.82) is 0 Å². The SMILES string of the molecule is CC1CCN2c3ccccc3CC3(C(=O)N(C)CN(C)C3=O)C2C1. The van der Waals surface area contributed by atoms with E-state index in [9.17, 15) is 9.59 Å². The Bertz CT molecular complexity index is 682. The molecule has 5 nitrogen and oxygen atoms in total. The van der Waals surface area contributed by atoms with Crippen LogP contribution in [0.4, 0.5) is 5.69 Å². The number of fused-ring (bicyclic) bond motifs is 4. The second-order valence-electron chi connectivity index (χ2n) is 7.76. The molecule has 3 heterocycles. The van der Waals surface area contributed by atoms with Crippen molar-refractivity contribution in [2.24, 2.45) is 11.3 Å². The molecule has 4 rings (SSSR count). The number of hydrogen-bond acceptors (Lipinski definition) is 3. The van der Waals surface area contributed by atoms with Crippen molar-refractivity contribution in [2.75, 3.05) is 32.2 Å². The number of rotatable bonds is 0. The highest BCUT2D eigenvalue weighted by Crippen LogP contribution is 2.48. The summed E-state index contributed by atoms with van der Waals surface area (Å²) in [6.07, 6.45) is 2.52. The molecule has 1 aromatic carbocycles. The molecule has 1 aromatic rings. The van der Waals surface area contributed by atoms with Crippen LogP contribution in [0.3, 0.4) is 0 Å². The van der Waals surface area contributed by atoms with E-state index in [1.807, 2.05) is 20.2 Å². The molecule has 2 amide bonds. The van der Waals surface area contributed by atoms with Crippen molar-refractivity contribution in [3.63, 3.8) is 0 Å². The summed E-state index contributed by atoms with van der Waals surface area (Å²) in [4.78, 5) is 32.3. The first-order valence-corrected chi connectivity index (χ1v) is 8.81. The fraction of sp³-hybridized carbons (Fsp3) is 0.579. The van der Waals surface area contributed by atoms with Crippen molar-refractivity contribution in [1.82, 2.24) is 9.80 Å². The van der Waals surface area contributed by atoms with Crippen LogP contribution in [0.15, 0.2) is 24.3 Å². The number of amides is 2. The molecular formula is C19H25N3O2. The Morgan fingerprint density at radius 3 is 2.46 bits per heavy atom. The predicted molar refractivity (Wildman–Crippen MR) is 92.5 cm³/mol. The van der Waals surface area contributed by atoms with E-state index in [2.05, 4.69) is 30.0 Å². The third-order valence-electron chi connectivity index (χ3n) is 6.08. The van der Waals surface area contributed by atoms with Crippen LogP contribution in [-0.2, 0) is 16.0 Å². The highest BCUT2D eigenvalue weighted by Gasteiger charge is 2.61. The lowest BCUT2D eigenvalue weighted by Crippen LogP contribution is -2.71. The molecule has 2 saturated heterocycles. The summed E-state index contributed by atoms with van der Waals surface area (Å²) in [6.45, 7) is 3.53. The molecule has 2 fully saturated rings. The van der Waals surface area contributed by atoms with E-state index in [1.54, 1.807) is 9.80 Å². The molecule has 0 saturated carbocycles. The van der Waals surface area contributed by atoms with E-state index < -0.39 is 5.41 Å². The molecule has 2 atom stereocenters. The molecular weight excluding hydrogens is 302 g/mol. The van der Waals surface area contributed by atoms with Crippen LogP contribution in [0, 0.1) is 11.3 Å². The Labute approximate surface area is 143 Å². The van der Waals surface area contributed by atoms with E-state index in [1.165, 1.54) is 5.69 Å². The normalized spacial score (nSPS) is 28.9. The second kappa shape index (κ2) is 5.23. The van der Waals surface area contributed by atoms with Gasteiger partial charge in [-0.05, 0) is 36.8 Å². The predicted octanol–water partition coefficient (Wildman–Crippen LogP) is 1.72. The summed E-state index contributed by atoms with van der Waals surface area (Å²) in [5, 5.41) is 0. The van der Waals surface area contributed by atoms with Gasteiger partial charge in [-0.15, -0.1) is 0 Å². The maximum atomic E-state index is 13.3. The van der Waals surface area contributed by atoms with Gasteiger partial charge in [0.25, 0.3) is 0 Å². The number of carbonyl (C=O) groups is 2. The topological polar surface area (TPSA) is 43.9 Å². The zero-order chi connectivity index (χ0) is 17.1. The number of benzene rings is 1. The van der Waals surface area contributed by atoms with Crippen LogP contribution >= 0.6 is 0 Å². The quantitative estimate of drug-likeness (QED) is 0.682. The minimum atomic E-state index is -0.967. The molecule has 0 radical (unpaired) electrons. The smallest absolute Gasteiger partial charge is 0.241 e. The van der Waals surface area contributed by atoms with Gasteiger partial charge >= 0.3 is 0 Å².